The highest BCUT2D eigenvalue weighted by Crippen LogP contribution is 2.33. The van der Waals surface area contributed by atoms with Crippen molar-refractivity contribution in [3.63, 3.8) is 0 Å². The van der Waals surface area contributed by atoms with E-state index in [1.165, 1.54) is 16.7 Å². The first kappa shape index (κ1) is 14.9. The third kappa shape index (κ3) is 3.75. The van der Waals surface area contributed by atoms with Crippen molar-refractivity contribution in [2.45, 2.75) is 25.6 Å². The quantitative estimate of drug-likeness (QED) is 0.570. The fourth-order valence-corrected chi connectivity index (χ4v) is 3.01. The molecular weight excluding hydrogens is 343 g/mol. The molecule has 0 nitrogen and oxygen atoms in total. The minimum absolute atomic E-state index is 0.104. The van der Waals surface area contributed by atoms with Gasteiger partial charge in [0.2, 0.25) is 0 Å². The van der Waals surface area contributed by atoms with Crippen LogP contribution >= 0.6 is 39.1 Å². The lowest BCUT2D eigenvalue weighted by Gasteiger charge is -2.14. The van der Waals surface area contributed by atoms with Gasteiger partial charge in [-0.3, -0.25) is 0 Å². The topological polar surface area (TPSA) is 0 Å². The van der Waals surface area contributed by atoms with Gasteiger partial charge in [-0.2, -0.15) is 0 Å². The Labute approximate surface area is 132 Å². The van der Waals surface area contributed by atoms with Crippen molar-refractivity contribution < 1.29 is 0 Å². The van der Waals surface area contributed by atoms with Crippen LogP contribution in [0, 0.1) is 13.8 Å². The molecule has 3 heteroatoms. The Morgan fingerprint density at radius 3 is 2.26 bits per heavy atom. The van der Waals surface area contributed by atoms with Crippen molar-refractivity contribution in [2.75, 3.05) is 0 Å². The molecule has 0 saturated heterocycles. The van der Waals surface area contributed by atoms with E-state index in [1.54, 1.807) is 0 Å². The predicted molar refractivity (Wildman–Crippen MR) is 87.4 cm³/mol. The molecule has 100 valence electrons. The van der Waals surface area contributed by atoms with Gasteiger partial charge in [0.25, 0.3) is 0 Å². The van der Waals surface area contributed by atoms with Gasteiger partial charge in [-0.05, 0) is 60.7 Å². The molecule has 1 atom stereocenters. The normalized spacial score (nSPS) is 12.5. The monoisotopic (exact) mass is 356 g/mol. The van der Waals surface area contributed by atoms with Crippen LogP contribution in [0.3, 0.4) is 0 Å². The Morgan fingerprint density at radius 2 is 1.63 bits per heavy atom. The summed E-state index contributed by atoms with van der Waals surface area (Å²) >= 11 is 16.2. The number of halogens is 3. The number of hydrogen-bond acceptors (Lipinski definition) is 0. The summed E-state index contributed by atoms with van der Waals surface area (Å²) in [5.41, 5.74) is 4.63. The molecule has 0 fully saturated rings. The molecule has 0 aliphatic rings. The third-order valence-corrected chi connectivity index (χ3v) is 4.52. The van der Waals surface area contributed by atoms with Crippen LogP contribution in [0.1, 0.15) is 27.6 Å². The molecule has 0 aliphatic heterocycles. The van der Waals surface area contributed by atoms with E-state index in [4.69, 9.17) is 23.2 Å². The summed E-state index contributed by atoms with van der Waals surface area (Å²) in [6.45, 7) is 4.14. The smallest absolute Gasteiger partial charge is 0.0640 e. The maximum absolute atomic E-state index is 6.51. The van der Waals surface area contributed by atoms with Gasteiger partial charge in [-0.15, -0.1) is 11.6 Å². The van der Waals surface area contributed by atoms with Crippen LogP contribution in [0.2, 0.25) is 5.02 Å². The van der Waals surface area contributed by atoms with Gasteiger partial charge in [0.1, 0.15) is 0 Å². The molecular formula is C16H15BrCl2. The zero-order chi connectivity index (χ0) is 14.0. The lowest BCUT2D eigenvalue weighted by molar-refractivity contribution is 0.916. The van der Waals surface area contributed by atoms with Crippen LogP contribution in [0.15, 0.2) is 40.9 Å². The number of rotatable bonds is 3. The van der Waals surface area contributed by atoms with Gasteiger partial charge in [0.05, 0.1) is 5.38 Å². The van der Waals surface area contributed by atoms with E-state index in [2.05, 4.69) is 48.0 Å². The van der Waals surface area contributed by atoms with Crippen molar-refractivity contribution in [3.8, 4) is 0 Å². The van der Waals surface area contributed by atoms with Crippen LogP contribution in [-0.2, 0) is 6.42 Å². The molecule has 2 aromatic carbocycles. The van der Waals surface area contributed by atoms with Crippen LogP contribution in [0.5, 0.6) is 0 Å². The van der Waals surface area contributed by atoms with E-state index < -0.39 is 0 Å². The zero-order valence-electron chi connectivity index (χ0n) is 10.9. The molecule has 0 radical (unpaired) electrons. The molecule has 0 saturated carbocycles. The highest BCUT2D eigenvalue weighted by Gasteiger charge is 2.14. The number of benzene rings is 2. The van der Waals surface area contributed by atoms with E-state index >= 15 is 0 Å². The van der Waals surface area contributed by atoms with Gasteiger partial charge in [0.15, 0.2) is 0 Å². The minimum Gasteiger partial charge on any atom is -0.117 e. The largest absolute Gasteiger partial charge is 0.117 e. The predicted octanol–water partition coefficient (Wildman–Crippen LogP) is 6.24. The average molecular weight is 358 g/mol. The molecule has 19 heavy (non-hydrogen) atoms. The fraction of sp³-hybridized carbons (Fsp3) is 0.250. The van der Waals surface area contributed by atoms with Gasteiger partial charge in [-0.1, -0.05) is 45.7 Å². The van der Waals surface area contributed by atoms with E-state index in [0.717, 1.165) is 21.5 Å². The Hall–Kier alpha value is -0.500. The molecule has 2 aromatic rings. The van der Waals surface area contributed by atoms with Crippen molar-refractivity contribution in [2.24, 2.45) is 0 Å². The second kappa shape index (κ2) is 6.30. The Morgan fingerprint density at radius 1 is 1.05 bits per heavy atom. The maximum Gasteiger partial charge on any atom is 0.0640 e. The van der Waals surface area contributed by atoms with E-state index in [0.29, 0.717) is 0 Å². The highest BCUT2D eigenvalue weighted by molar-refractivity contribution is 9.10. The Bertz CT molecular complexity index is 576. The molecule has 0 bridgehead atoms. The Kier molecular flexibility index (Phi) is 4.94. The number of aryl methyl sites for hydroxylation is 2. The summed E-state index contributed by atoms with van der Waals surface area (Å²) in [4.78, 5) is 0. The minimum atomic E-state index is -0.104. The second-order valence-electron chi connectivity index (χ2n) is 4.76. The summed E-state index contributed by atoms with van der Waals surface area (Å²) < 4.78 is 1.08. The highest BCUT2D eigenvalue weighted by atomic mass is 79.9. The molecule has 0 amide bonds. The average Bonchev–Trinajstić information content (AvgIpc) is 2.36. The second-order valence-corrected chi connectivity index (χ2v) is 6.61. The summed E-state index contributed by atoms with van der Waals surface area (Å²) in [6.07, 6.45) is 0.775. The molecule has 0 heterocycles. The molecule has 0 aromatic heterocycles. The van der Waals surface area contributed by atoms with Crippen LogP contribution in [0.4, 0.5) is 0 Å². The first-order valence-electron chi connectivity index (χ1n) is 6.12. The molecule has 0 N–H and O–H groups in total. The standard InChI is InChI=1S/C16H15BrCl2/c1-10-7-14(15(18)8-11(10)2)16(19)9-12-3-5-13(17)6-4-12/h3-8,16H,9H2,1-2H3. The first-order chi connectivity index (χ1) is 8.97. The Balaban J connectivity index is 2.22. The number of hydrogen-bond donors (Lipinski definition) is 0. The van der Waals surface area contributed by atoms with Gasteiger partial charge >= 0.3 is 0 Å². The van der Waals surface area contributed by atoms with E-state index in [1.807, 2.05) is 18.2 Å². The van der Waals surface area contributed by atoms with E-state index in [-0.39, 0.29) is 5.38 Å². The molecule has 0 aliphatic carbocycles. The maximum atomic E-state index is 6.51. The SMILES string of the molecule is Cc1cc(Cl)c(C(Cl)Cc2ccc(Br)cc2)cc1C. The molecule has 2 rings (SSSR count). The lowest BCUT2D eigenvalue weighted by atomic mass is 10.00. The van der Waals surface area contributed by atoms with Crippen molar-refractivity contribution >= 4 is 39.1 Å². The summed E-state index contributed by atoms with van der Waals surface area (Å²) in [5.74, 6) is 0. The van der Waals surface area contributed by atoms with Crippen LogP contribution < -0.4 is 0 Å². The summed E-state index contributed by atoms with van der Waals surface area (Å²) in [5, 5.41) is 0.646. The lowest BCUT2D eigenvalue weighted by Crippen LogP contribution is -1.98. The first-order valence-corrected chi connectivity index (χ1v) is 7.73. The van der Waals surface area contributed by atoms with E-state index in [9.17, 15) is 0 Å². The third-order valence-electron chi connectivity index (χ3n) is 3.28. The molecule has 1 unspecified atom stereocenters. The van der Waals surface area contributed by atoms with Crippen LogP contribution in [0.25, 0.3) is 0 Å². The fourth-order valence-electron chi connectivity index (χ4n) is 1.98. The molecule has 0 spiro atoms. The summed E-state index contributed by atoms with van der Waals surface area (Å²) in [7, 11) is 0. The summed E-state index contributed by atoms with van der Waals surface area (Å²) in [6, 6.07) is 12.3. The van der Waals surface area contributed by atoms with Crippen molar-refractivity contribution in [3.05, 3.63) is 68.1 Å². The van der Waals surface area contributed by atoms with Crippen molar-refractivity contribution in [1.29, 1.82) is 0 Å². The van der Waals surface area contributed by atoms with Gasteiger partial charge < -0.3 is 0 Å². The van der Waals surface area contributed by atoms with Gasteiger partial charge in [-0.25, -0.2) is 0 Å². The van der Waals surface area contributed by atoms with Gasteiger partial charge in [0, 0.05) is 9.50 Å². The van der Waals surface area contributed by atoms with Crippen molar-refractivity contribution in [1.82, 2.24) is 0 Å². The van der Waals surface area contributed by atoms with Crippen LogP contribution in [-0.4, -0.2) is 0 Å². The number of alkyl halides is 1. The zero-order valence-corrected chi connectivity index (χ0v) is 14.0.